The summed E-state index contributed by atoms with van der Waals surface area (Å²) >= 11 is 0. The van der Waals surface area contributed by atoms with Gasteiger partial charge in [0, 0.05) is 11.1 Å². The molecule has 18 heavy (non-hydrogen) atoms. The second-order valence-corrected chi connectivity index (χ2v) is 4.11. The van der Waals surface area contributed by atoms with Crippen LogP contribution in [0.15, 0.2) is 54.6 Å². The molecular formula is C15H10O3. The Bertz CT molecular complexity index is 617. The van der Waals surface area contributed by atoms with Crippen molar-refractivity contribution >= 4 is 11.8 Å². The molecule has 1 aliphatic rings. The number of fused-ring (bicyclic) bond motifs is 1. The Hall–Kier alpha value is -2.42. The first kappa shape index (κ1) is 10.7. The Morgan fingerprint density at radius 3 is 2.11 bits per heavy atom. The molecule has 3 rings (SSSR count). The van der Waals surface area contributed by atoms with Crippen molar-refractivity contribution < 1.29 is 14.3 Å². The van der Waals surface area contributed by atoms with E-state index in [0.29, 0.717) is 16.7 Å². The fourth-order valence-electron chi connectivity index (χ4n) is 2.09. The van der Waals surface area contributed by atoms with E-state index < -0.39 is 12.1 Å². The van der Waals surface area contributed by atoms with Gasteiger partial charge in [-0.15, -0.1) is 0 Å². The highest BCUT2D eigenvalue weighted by Gasteiger charge is 2.34. The van der Waals surface area contributed by atoms with E-state index >= 15 is 0 Å². The minimum Gasteiger partial charge on any atom is -0.445 e. The van der Waals surface area contributed by atoms with Crippen LogP contribution < -0.4 is 0 Å². The lowest BCUT2D eigenvalue weighted by Gasteiger charge is -2.23. The number of Topliss-reactive ketones (excluding diaryl/α,β-unsaturated/α-hetero) is 1. The lowest BCUT2D eigenvalue weighted by molar-refractivity contribution is 0.0242. The van der Waals surface area contributed by atoms with Crippen LogP contribution in [0.25, 0.3) is 0 Å². The van der Waals surface area contributed by atoms with E-state index in [-0.39, 0.29) is 5.78 Å². The monoisotopic (exact) mass is 238 g/mol. The average Bonchev–Trinajstić information content (AvgIpc) is 2.44. The van der Waals surface area contributed by atoms with Crippen molar-refractivity contribution in [3.8, 4) is 0 Å². The maximum Gasteiger partial charge on any atom is 0.339 e. The zero-order valence-corrected chi connectivity index (χ0v) is 9.50. The van der Waals surface area contributed by atoms with E-state index in [1.807, 2.05) is 18.2 Å². The van der Waals surface area contributed by atoms with Gasteiger partial charge in [-0.05, 0) is 6.07 Å². The summed E-state index contributed by atoms with van der Waals surface area (Å²) in [4.78, 5) is 24.1. The van der Waals surface area contributed by atoms with Gasteiger partial charge in [0.25, 0.3) is 0 Å². The minimum atomic E-state index is -0.825. The molecule has 0 aliphatic carbocycles. The molecule has 1 atom stereocenters. The van der Waals surface area contributed by atoms with Gasteiger partial charge >= 0.3 is 5.97 Å². The smallest absolute Gasteiger partial charge is 0.339 e. The van der Waals surface area contributed by atoms with Crippen LogP contribution >= 0.6 is 0 Å². The van der Waals surface area contributed by atoms with E-state index in [1.165, 1.54) is 0 Å². The molecule has 0 saturated carbocycles. The van der Waals surface area contributed by atoms with E-state index in [2.05, 4.69) is 0 Å². The second-order valence-electron chi connectivity index (χ2n) is 4.11. The van der Waals surface area contributed by atoms with E-state index in [9.17, 15) is 9.59 Å². The van der Waals surface area contributed by atoms with Gasteiger partial charge in [-0.3, -0.25) is 4.79 Å². The Labute approximate surface area is 104 Å². The highest BCUT2D eigenvalue weighted by Crippen LogP contribution is 2.30. The molecule has 2 aromatic carbocycles. The molecule has 0 spiro atoms. The molecule has 3 heteroatoms. The van der Waals surface area contributed by atoms with E-state index in [1.54, 1.807) is 36.4 Å². The molecule has 0 fully saturated rings. The first-order valence-corrected chi connectivity index (χ1v) is 5.66. The fourth-order valence-corrected chi connectivity index (χ4v) is 2.09. The van der Waals surface area contributed by atoms with Gasteiger partial charge < -0.3 is 4.74 Å². The molecule has 0 bridgehead atoms. The Morgan fingerprint density at radius 2 is 1.39 bits per heavy atom. The number of carbonyl (C=O) groups excluding carboxylic acids is 2. The summed E-state index contributed by atoms with van der Waals surface area (Å²) in [6.45, 7) is 0. The third-order valence-corrected chi connectivity index (χ3v) is 2.98. The molecule has 1 aliphatic heterocycles. The molecule has 0 unspecified atom stereocenters. The maximum absolute atomic E-state index is 12.3. The quantitative estimate of drug-likeness (QED) is 0.717. The van der Waals surface area contributed by atoms with Gasteiger partial charge in [-0.25, -0.2) is 4.79 Å². The van der Waals surface area contributed by atoms with Gasteiger partial charge in [-0.2, -0.15) is 0 Å². The van der Waals surface area contributed by atoms with Crippen LogP contribution in [0.4, 0.5) is 0 Å². The Balaban J connectivity index is 2.08. The van der Waals surface area contributed by atoms with Crippen molar-refractivity contribution in [1.82, 2.24) is 0 Å². The summed E-state index contributed by atoms with van der Waals surface area (Å²) in [6.07, 6.45) is -0.825. The number of hydrogen-bond acceptors (Lipinski definition) is 3. The zero-order valence-electron chi connectivity index (χ0n) is 9.50. The van der Waals surface area contributed by atoms with E-state index in [4.69, 9.17) is 4.74 Å². The van der Waals surface area contributed by atoms with Crippen LogP contribution in [0.3, 0.4) is 0 Å². The molecule has 2 aromatic rings. The van der Waals surface area contributed by atoms with Crippen LogP contribution in [-0.4, -0.2) is 11.8 Å². The van der Waals surface area contributed by atoms with Crippen molar-refractivity contribution in [3.63, 3.8) is 0 Å². The van der Waals surface area contributed by atoms with Crippen molar-refractivity contribution in [2.45, 2.75) is 6.10 Å². The lowest BCUT2D eigenvalue weighted by atomic mass is 9.93. The normalized spacial score (nSPS) is 18.1. The predicted molar refractivity (Wildman–Crippen MR) is 65.4 cm³/mol. The summed E-state index contributed by atoms with van der Waals surface area (Å²) in [5, 5.41) is 0. The van der Waals surface area contributed by atoms with Gasteiger partial charge in [0.15, 0.2) is 6.10 Å². The number of cyclic esters (lactones) is 1. The second kappa shape index (κ2) is 4.11. The van der Waals surface area contributed by atoms with E-state index in [0.717, 1.165) is 0 Å². The van der Waals surface area contributed by atoms with Gasteiger partial charge in [0.2, 0.25) is 5.78 Å². The van der Waals surface area contributed by atoms with Crippen LogP contribution in [-0.2, 0) is 4.74 Å². The van der Waals surface area contributed by atoms with Crippen LogP contribution in [0.2, 0.25) is 0 Å². The third kappa shape index (κ3) is 1.61. The molecule has 0 radical (unpaired) electrons. The highest BCUT2D eigenvalue weighted by molar-refractivity contribution is 6.12. The first-order chi connectivity index (χ1) is 8.77. The highest BCUT2D eigenvalue weighted by atomic mass is 16.5. The minimum absolute atomic E-state index is 0.170. The number of carbonyl (C=O) groups is 2. The van der Waals surface area contributed by atoms with Crippen molar-refractivity contribution in [2.75, 3.05) is 0 Å². The molecule has 0 N–H and O–H groups in total. The molecule has 0 saturated heterocycles. The number of benzene rings is 2. The molecular weight excluding hydrogens is 228 g/mol. The lowest BCUT2D eigenvalue weighted by Crippen LogP contribution is -2.27. The summed E-state index contributed by atoms with van der Waals surface area (Å²) < 4.78 is 5.22. The molecule has 0 aromatic heterocycles. The number of rotatable bonds is 1. The Morgan fingerprint density at radius 1 is 0.778 bits per heavy atom. The maximum atomic E-state index is 12.3. The number of esters is 1. The fraction of sp³-hybridized carbons (Fsp3) is 0.0667. The summed E-state index contributed by atoms with van der Waals surface area (Å²) in [5.74, 6) is -0.615. The largest absolute Gasteiger partial charge is 0.445 e. The van der Waals surface area contributed by atoms with Gasteiger partial charge in [0.05, 0.1) is 5.56 Å². The molecule has 0 amide bonds. The summed E-state index contributed by atoms with van der Waals surface area (Å²) in [5.41, 5.74) is 1.47. The van der Waals surface area contributed by atoms with Crippen molar-refractivity contribution in [1.29, 1.82) is 0 Å². The number of ether oxygens (including phenoxy) is 1. The zero-order chi connectivity index (χ0) is 12.5. The van der Waals surface area contributed by atoms with Crippen LogP contribution in [0.1, 0.15) is 32.4 Å². The van der Waals surface area contributed by atoms with Crippen molar-refractivity contribution in [3.05, 3.63) is 71.3 Å². The van der Waals surface area contributed by atoms with Gasteiger partial charge in [0.1, 0.15) is 0 Å². The molecule has 3 nitrogen and oxygen atoms in total. The van der Waals surface area contributed by atoms with Crippen molar-refractivity contribution in [2.24, 2.45) is 0 Å². The summed E-state index contributed by atoms with van der Waals surface area (Å²) in [6, 6.07) is 15.8. The average molecular weight is 238 g/mol. The molecule has 88 valence electrons. The third-order valence-electron chi connectivity index (χ3n) is 2.98. The standard InChI is InChI=1S/C15H10O3/c16-13-11-8-4-5-9-12(11)15(17)18-14(13)10-6-2-1-3-7-10/h1-9,14H/t14-/m0/s1. The first-order valence-electron chi connectivity index (χ1n) is 5.66. The number of hydrogen-bond donors (Lipinski definition) is 0. The Kier molecular flexibility index (Phi) is 2.45. The van der Waals surface area contributed by atoms with Gasteiger partial charge in [-0.1, -0.05) is 48.5 Å². The number of ketones is 1. The van der Waals surface area contributed by atoms with Crippen LogP contribution in [0.5, 0.6) is 0 Å². The SMILES string of the molecule is O=C1O[C@@H](c2ccccc2)C(=O)c2ccccc21. The summed E-state index contributed by atoms with van der Waals surface area (Å²) in [7, 11) is 0. The van der Waals surface area contributed by atoms with Crippen LogP contribution in [0, 0.1) is 0 Å². The predicted octanol–water partition coefficient (Wildman–Crippen LogP) is 2.78. The molecule has 1 heterocycles. The topological polar surface area (TPSA) is 43.4 Å².